The first-order chi connectivity index (χ1) is 13.5. The molecular formula is C21H23FN3O3+. The normalized spacial score (nSPS) is 20.8. The lowest BCUT2D eigenvalue weighted by Gasteiger charge is -2.35. The van der Waals surface area contributed by atoms with Crippen molar-refractivity contribution in [3.8, 4) is 5.75 Å². The summed E-state index contributed by atoms with van der Waals surface area (Å²) in [5.74, 6) is -0.392. The third kappa shape index (κ3) is 3.71. The monoisotopic (exact) mass is 384 g/mol. The van der Waals surface area contributed by atoms with E-state index < -0.39 is 0 Å². The fourth-order valence-corrected chi connectivity index (χ4v) is 4.00. The number of anilines is 1. The van der Waals surface area contributed by atoms with Crippen LogP contribution in [-0.4, -0.2) is 54.0 Å². The summed E-state index contributed by atoms with van der Waals surface area (Å²) in [6.45, 7) is 3.32. The van der Waals surface area contributed by atoms with Gasteiger partial charge >= 0.3 is 0 Å². The lowest BCUT2D eigenvalue weighted by molar-refractivity contribution is -0.915. The largest absolute Gasteiger partial charge is 0.508 e. The molecule has 2 saturated heterocycles. The molecule has 2 aliphatic heterocycles. The number of hydrogen-bond donors (Lipinski definition) is 2. The standard InChI is InChI=1S/C21H22FN3O3/c22-16-3-1-15(2-4-16)14-25-20(27)13-19(21(25)28)24-11-9-23(10-12-24)17-5-7-18(26)8-6-17/h1-8,19,26H,9-14H2/p+1/t19-/m0/s1. The molecule has 0 aromatic heterocycles. The number of benzene rings is 2. The summed E-state index contributed by atoms with van der Waals surface area (Å²) in [5.41, 5.74) is 1.79. The van der Waals surface area contributed by atoms with Crippen LogP contribution in [-0.2, 0) is 16.1 Å². The second-order valence-electron chi connectivity index (χ2n) is 7.36. The lowest BCUT2D eigenvalue weighted by atomic mass is 10.1. The zero-order valence-corrected chi connectivity index (χ0v) is 15.5. The zero-order chi connectivity index (χ0) is 19.7. The summed E-state index contributed by atoms with van der Waals surface area (Å²) in [4.78, 5) is 29.9. The SMILES string of the molecule is O=C1C[C@H]([NH+]2CCN(c3ccc(O)cc3)CC2)C(=O)N1Cc1ccc(F)cc1. The van der Waals surface area contributed by atoms with Gasteiger partial charge in [-0.25, -0.2) is 4.39 Å². The molecule has 28 heavy (non-hydrogen) atoms. The molecular weight excluding hydrogens is 361 g/mol. The Morgan fingerprint density at radius 2 is 1.64 bits per heavy atom. The molecule has 2 amide bonds. The number of hydrogen-bond acceptors (Lipinski definition) is 4. The van der Waals surface area contributed by atoms with Crippen molar-refractivity contribution in [2.24, 2.45) is 0 Å². The number of amides is 2. The van der Waals surface area contributed by atoms with Crippen LogP contribution in [0, 0.1) is 5.82 Å². The number of carbonyl (C=O) groups excluding carboxylic acids is 2. The Morgan fingerprint density at radius 3 is 2.29 bits per heavy atom. The minimum Gasteiger partial charge on any atom is -0.508 e. The number of imide groups is 1. The summed E-state index contributed by atoms with van der Waals surface area (Å²) in [7, 11) is 0. The van der Waals surface area contributed by atoms with Gasteiger partial charge in [0.2, 0.25) is 5.91 Å². The molecule has 2 fully saturated rings. The van der Waals surface area contributed by atoms with E-state index in [9.17, 15) is 19.1 Å². The van der Waals surface area contributed by atoms with Gasteiger partial charge in [-0.05, 0) is 42.0 Å². The molecule has 4 rings (SSSR count). The second-order valence-corrected chi connectivity index (χ2v) is 7.36. The summed E-state index contributed by atoms with van der Waals surface area (Å²) in [6, 6.07) is 12.7. The van der Waals surface area contributed by atoms with Crippen molar-refractivity contribution in [1.29, 1.82) is 0 Å². The molecule has 2 heterocycles. The van der Waals surface area contributed by atoms with Crippen LogP contribution in [0.25, 0.3) is 0 Å². The van der Waals surface area contributed by atoms with Gasteiger partial charge in [0, 0.05) is 5.69 Å². The maximum absolute atomic E-state index is 13.1. The van der Waals surface area contributed by atoms with E-state index in [1.807, 2.05) is 12.1 Å². The molecule has 2 aromatic rings. The first kappa shape index (κ1) is 18.4. The smallest absolute Gasteiger partial charge is 0.288 e. The van der Waals surface area contributed by atoms with Crippen molar-refractivity contribution in [3.63, 3.8) is 0 Å². The van der Waals surface area contributed by atoms with Gasteiger partial charge in [-0.15, -0.1) is 0 Å². The summed E-state index contributed by atoms with van der Waals surface area (Å²) >= 11 is 0. The Labute approximate surface area is 162 Å². The fraction of sp³-hybridized carbons (Fsp3) is 0.333. The van der Waals surface area contributed by atoms with E-state index in [2.05, 4.69) is 4.90 Å². The van der Waals surface area contributed by atoms with Crippen molar-refractivity contribution >= 4 is 17.5 Å². The number of likely N-dealkylation sites (tertiary alicyclic amines) is 1. The van der Waals surface area contributed by atoms with Gasteiger partial charge in [-0.2, -0.15) is 0 Å². The van der Waals surface area contributed by atoms with Crippen molar-refractivity contribution < 1.29 is 24.0 Å². The number of nitrogens with zero attached hydrogens (tertiary/aromatic N) is 2. The predicted octanol–water partition coefficient (Wildman–Crippen LogP) is 0.564. The molecule has 0 spiro atoms. The minimum absolute atomic E-state index is 0.137. The van der Waals surface area contributed by atoms with E-state index >= 15 is 0 Å². The molecule has 0 aliphatic carbocycles. The predicted molar refractivity (Wildman–Crippen MR) is 101 cm³/mol. The number of halogens is 1. The number of aromatic hydroxyl groups is 1. The van der Waals surface area contributed by atoms with Crippen molar-refractivity contribution in [2.75, 3.05) is 31.1 Å². The molecule has 6 nitrogen and oxygen atoms in total. The zero-order valence-electron chi connectivity index (χ0n) is 15.5. The third-order valence-electron chi connectivity index (χ3n) is 5.61. The number of rotatable bonds is 4. The van der Waals surface area contributed by atoms with Crippen LogP contribution in [0.15, 0.2) is 48.5 Å². The van der Waals surface area contributed by atoms with Crippen LogP contribution >= 0.6 is 0 Å². The first-order valence-electron chi connectivity index (χ1n) is 9.48. The molecule has 146 valence electrons. The highest BCUT2D eigenvalue weighted by Crippen LogP contribution is 2.19. The van der Waals surface area contributed by atoms with Crippen molar-refractivity contribution in [3.05, 3.63) is 59.9 Å². The Kier molecular flexibility index (Phi) is 5.00. The third-order valence-corrected chi connectivity index (χ3v) is 5.61. The number of quaternary nitrogens is 1. The second kappa shape index (κ2) is 7.59. The number of phenolic OH excluding ortho intramolecular Hbond substituents is 1. The highest BCUT2D eigenvalue weighted by Gasteiger charge is 2.45. The molecule has 2 N–H and O–H groups in total. The van der Waals surface area contributed by atoms with Crippen LogP contribution < -0.4 is 9.80 Å². The van der Waals surface area contributed by atoms with E-state index in [1.165, 1.54) is 17.0 Å². The van der Waals surface area contributed by atoms with Crippen LogP contribution in [0.1, 0.15) is 12.0 Å². The van der Waals surface area contributed by atoms with Crippen molar-refractivity contribution in [2.45, 2.75) is 19.0 Å². The summed E-state index contributed by atoms with van der Waals surface area (Å²) in [6.07, 6.45) is 0.231. The van der Waals surface area contributed by atoms with Gasteiger partial charge < -0.3 is 14.9 Å². The summed E-state index contributed by atoms with van der Waals surface area (Å²) < 4.78 is 13.1. The van der Waals surface area contributed by atoms with E-state index in [-0.39, 0.29) is 42.4 Å². The van der Waals surface area contributed by atoms with Crippen LogP contribution in [0.2, 0.25) is 0 Å². The van der Waals surface area contributed by atoms with Gasteiger partial charge in [0.15, 0.2) is 6.04 Å². The summed E-state index contributed by atoms with van der Waals surface area (Å²) in [5, 5.41) is 9.42. The lowest BCUT2D eigenvalue weighted by Crippen LogP contribution is -3.19. The Balaban J connectivity index is 1.37. The van der Waals surface area contributed by atoms with Gasteiger partial charge in [-0.3, -0.25) is 14.5 Å². The highest BCUT2D eigenvalue weighted by molar-refractivity contribution is 6.04. The van der Waals surface area contributed by atoms with Gasteiger partial charge in [0.05, 0.1) is 39.1 Å². The molecule has 0 saturated carbocycles. The van der Waals surface area contributed by atoms with Gasteiger partial charge in [0.25, 0.3) is 5.91 Å². The van der Waals surface area contributed by atoms with E-state index in [0.717, 1.165) is 42.3 Å². The molecule has 7 heteroatoms. The van der Waals surface area contributed by atoms with E-state index in [1.54, 1.807) is 24.3 Å². The van der Waals surface area contributed by atoms with Gasteiger partial charge in [0.1, 0.15) is 11.6 Å². The van der Waals surface area contributed by atoms with E-state index in [4.69, 9.17) is 0 Å². The number of carbonyl (C=O) groups is 2. The molecule has 0 radical (unpaired) electrons. The molecule has 0 unspecified atom stereocenters. The Bertz CT molecular complexity index is 861. The van der Waals surface area contributed by atoms with Gasteiger partial charge in [-0.1, -0.05) is 12.1 Å². The minimum atomic E-state index is -0.338. The van der Waals surface area contributed by atoms with Crippen molar-refractivity contribution in [1.82, 2.24) is 4.90 Å². The average Bonchev–Trinajstić information content (AvgIpc) is 2.99. The maximum atomic E-state index is 13.1. The van der Waals surface area contributed by atoms with Crippen LogP contribution in [0.5, 0.6) is 5.75 Å². The van der Waals surface area contributed by atoms with Crippen LogP contribution in [0.4, 0.5) is 10.1 Å². The quantitative estimate of drug-likeness (QED) is 0.757. The Morgan fingerprint density at radius 1 is 1.00 bits per heavy atom. The van der Waals surface area contributed by atoms with Crippen LogP contribution in [0.3, 0.4) is 0 Å². The number of piperazine rings is 1. The topological polar surface area (TPSA) is 65.3 Å². The molecule has 2 aliphatic rings. The first-order valence-corrected chi connectivity index (χ1v) is 9.48. The molecule has 1 atom stereocenters. The molecule has 2 aromatic carbocycles. The Hall–Kier alpha value is -2.93. The highest BCUT2D eigenvalue weighted by atomic mass is 19.1. The fourth-order valence-electron chi connectivity index (χ4n) is 4.00. The van der Waals surface area contributed by atoms with E-state index in [0.29, 0.717) is 0 Å². The number of phenols is 1. The molecule has 0 bridgehead atoms. The average molecular weight is 384 g/mol. The number of nitrogens with one attached hydrogen (secondary N) is 1. The maximum Gasteiger partial charge on any atom is 0.288 e.